The van der Waals surface area contributed by atoms with Gasteiger partial charge < -0.3 is 14.2 Å². The number of allylic oxidation sites excluding steroid dienone is 1. The maximum atomic E-state index is 12.5. The SMILES string of the molecule is COC(=O)[C@@]12C=CC(=O)[C@@]3(OC)OC[C@@H](C=C[C@H]1C)[C@H]32. The van der Waals surface area contributed by atoms with Crippen LogP contribution in [-0.4, -0.2) is 38.4 Å². The van der Waals surface area contributed by atoms with Gasteiger partial charge in [-0.3, -0.25) is 9.59 Å². The zero-order valence-corrected chi connectivity index (χ0v) is 11.8. The minimum absolute atomic E-state index is 0.0286. The van der Waals surface area contributed by atoms with Gasteiger partial charge in [-0.15, -0.1) is 0 Å². The third-order valence-electron chi connectivity index (χ3n) is 4.94. The number of carbonyl (C=O) groups excluding carboxylic acids is 2. The van der Waals surface area contributed by atoms with E-state index in [-0.39, 0.29) is 29.5 Å². The fourth-order valence-corrected chi connectivity index (χ4v) is 3.93. The second-order valence-corrected chi connectivity index (χ2v) is 5.62. The lowest BCUT2D eigenvalue weighted by Crippen LogP contribution is -2.60. The summed E-state index contributed by atoms with van der Waals surface area (Å²) in [4.78, 5) is 24.8. The van der Waals surface area contributed by atoms with Crippen molar-refractivity contribution in [3.8, 4) is 0 Å². The van der Waals surface area contributed by atoms with Gasteiger partial charge in [0.1, 0.15) is 5.41 Å². The topological polar surface area (TPSA) is 61.8 Å². The highest BCUT2D eigenvalue weighted by atomic mass is 16.7. The standard InChI is InChI=1S/C15H18O5/c1-9-4-5-10-8-20-15(19-3)11(16)6-7-14(9,12(10)15)13(17)18-2/h4-7,9-10,12H,8H2,1-3H3/t9-,10-,12+,14+,15-/m1/s1. The molecule has 20 heavy (non-hydrogen) atoms. The number of rotatable bonds is 2. The average Bonchev–Trinajstić information content (AvgIpc) is 2.86. The third-order valence-corrected chi connectivity index (χ3v) is 4.94. The Bertz CT molecular complexity index is 522. The largest absolute Gasteiger partial charge is 0.468 e. The van der Waals surface area contributed by atoms with E-state index in [1.54, 1.807) is 6.08 Å². The van der Waals surface area contributed by atoms with Crippen molar-refractivity contribution in [1.29, 1.82) is 0 Å². The van der Waals surface area contributed by atoms with E-state index in [1.807, 2.05) is 19.1 Å². The van der Waals surface area contributed by atoms with Crippen LogP contribution in [0.3, 0.4) is 0 Å². The van der Waals surface area contributed by atoms with Gasteiger partial charge in [-0.1, -0.05) is 25.2 Å². The number of esters is 1. The summed E-state index contributed by atoms with van der Waals surface area (Å²) in [6.45, 7) is 2.32. The summed E-state index contributed by atoms with van der Waals surface area (Å²) in [6, 6.07) is 0. The maximum Gasteiger partial charge on any atom is 0.316 e. The summed E-state index contributed by atoms with van der Waals surface area (Å²) in [5, 5.41) is 0. The molecular weight excluding hydrogens is 260 g/mol. The van der Waals surface area contributed by atoms with Crippen LogP contribution in [0.15, 0.2) is 24.3 Å². The molecule has 0 unspecified atom stereocenters. The van der Waals surface area contributed by atoms with Gasteiger partial charge in [0.15, 0.2) is 0 Å². The lowest BCUT2D eigenvalue weighted by molar-refractivity contribution is -0.228. The van der Waals surface area contributed by atoms with Crippen LogP contribution in [0.2, 0.25) is 0 Å². The highest BCUT2D eigenvalue weighted by molar-refractivity contribution is 6.00. The van der Waals surface area contributed by atoms with E-state index in [0.29, 0.717) is 6.61 Å². The predicted molar refractivity (Wildman–Crippen MR) is 69.6 cm³/mol. The zero-order chi connectivity index (χ0) is 14.5. The summed E-state index contributed by atoms with van der Waals surface area (Å²) in [5.41, 5.74) is -0.908. The molecule has 3 aliphatic rings. The molecular formula is C15H18O5. The lowest BCUT2D eigenvalue weighted by Gasteiger charge is -2.49. The molecule has 0 N–H and O–H groups in total. The van der Waals surface area contributed by atoms with Crippen molar-refractivity contribution < 1.29 is 23.8 Å². The van der Waals surface area contributed by atoms with E-state index < -0.39 is 11.2 Å². The van der Waals surface area contributed by atoms with Gasteiger partial charge in [0.2, 0.25) is 11.6 Å². The van der Waals surface area contributed by atoms with E-state index in [9.17, 15) is 9.59 Å². The normalized spacial score (nSPS) is 45.4. The van der Waals surface area contributed by atoms with E-state index in [2.05, 4.69) is 0 Å². The number of hydrogen-bond donors (Lipinski definition) is 0. The maximum absolute atomic E-state index is 12.5. The van der Waals surface area contributed by atoms with E-state index in [1.165, 1.54) is 20.3 Å². The minimum atomic E-state index is -1.37. The van der Waals surface area contributed by atoms with Gasteiger partial charge in [-0.05, 0) is 12.0 Å². The summed E-state index contributed by atoms with van der Waals surface area (Å²) >= 11 is 0. The first-order valence-corrected chi connectivity index (χ1v) is 6.72. The number of ether oxygens (including phenoxy) is 3. The first-order chi connectivity index (χ1) is 9.52. The van der Waals surface area contributed by atoms with Crippen molar-refractivity contribution in [2.75, 3.05) is 20.8 Å². The molecule has 0 spiro atoms. The molecule has 1 aliphatic heterocycles. The van der Waals surface area contributed by atoms with Crippen molar-refractivity contribution in [2.45, 2.75) is 12.7 Å². The molecule has 1 fully saturated rings. The summed E-state index contributed by atoms with van der Waals surface area (Å²) in [6.07, 6.45) is 7.09. The van der Waals surface area contributed by atoms with Crippen LogP contribution in [0, 0.1) is 23.2 Å². The van der Waals surface area contributed by atoms with Crippen molar-refractivity contribution in [2.24, 2.45) is 23.2 Å². The van der Waals surface area contributed by atoms with Crippen LogP contribution in [0.4, 0.5) is 0 Å². The van der Waals surface area contributed by atoms with Crippen LogP contribution in [0.5, 0.6) is 0 Å². The van der Waals surface area contributed by atoms with Crippen molar-refractivity contribution in [3.63, 3.8) is 0 Å². The van der Waals surface area contributed by atoms with Gasteiger partial charge in [0.25, 0.3) is 0 Å². The van der Waals surface area contributed by atoms with Crippen LogP contribution in [-0.2, 0) is 23.8 Å². The van der Waals surface area contributed by atoms with Gasteiger partial charge in [-0.25, -0.2) is 0 Å². The Kier molecular flexibility index (Phi) is 2.88. The van der Waals surface area contributed by atoms with E-state index >= 15 is 0 Å². The van der Waals surface area contributed by atoms with Gasteiger partial charge in [0.05, 0.1) is 13.7 Å². The summed E-state index contributed by atoms with van der Waals surface area (Å²) < 4.78 is 16.2. The monoisotopic (exact) mass is 278 g/mol. The van der Waals surface area contributed by atoms with Crippen molar-refractivity contribution in [3.05, 3.63) is 24.3 Å². The van der Waals surface area contributed by atoms with Crippen LogP contribution >= 0.6 is 0 Å². The van der Waals surface area contributed by atoms with Gasteiger partial charge in [0, 0.05) is 18.9 Å². The smallest absolute Gasteiger partial charge is 0.316 e. The zero-order valence-electron chi connectivity index (χ0n) is 11.8. The molecule has 5 nitrogen and oxygen atoms in total. The molecule has 0 amide bonds. The number of carbonyl (C=O) groups is 2. The van der Waals surface area contributed by atoms with Crippen LogP contribution in [0.25, 0.3) is 0 Å². The molecule has 0 radical (unpaired) electrons. The lowest BCUT2D eigenvalue weighted by atomic mass is 9.55. The Balaban J connectivity index is 2.24. The van der Waals surface area contributed by atoms with Crippen molar-refractivity contribution in [1.82, 2.24) is 0 Å². The highest BCUT2D eigenvalue weighted by Crippen LogP contribution is 2.58. The Hall–Kier alpha value is -1.46. The molecule has 0 aromatic heterocycles. The summed E-state index contributed by atoms with van der Waals surface area (Å²) in [5.74, 6) is -2.46. The van der Waals surface area contributed by atoms with Crippen LogP contribution < -0.4 is 0 Å². The Labute approximate surface area is 117 Å². The second-order valence-electron chi connectivity index (χ2n) is 5.62. The molecule has 5 atom stereocenters. The minimum Gasteiger partial charge on any atom is -0.468 e. The Morgan fingerprint density at radius 3 is 2.80 bits per heavy atom. The number of hydrogen-bond acceptors (Lipinski definition) is 5. The molecule has 0 aromatic carbocycles. The molecule has 0 aromatic rings. The van der Waals surface area contributed by atoms with Gasteiger partial charge in [-0.2, -0.15) is 0 Å². The molecule has 108 valence electrons. The van der Waals surface area contributed by atoms with Gasteiger partial charge >= 0.3 is 5.97 Å². The summed E-state index contributed by atoms with van der Waals surface area (Å²) in [7, 11) is 2.82. The highest BCUT2D eigenvalue weighted by Gasteiger charge is 2.69. The average molecular weight is 278 g/mol. The first kappa shape index (κ1) is 13.5. The number of methoxy groups -OCH3 is 2. The predicted octanol–water partition coefficient (Wildman–Crippen LogP) is 1.10. The molecule has 5 heteroatoms. The molecule has 1 saturated heterocycles. The number of ketones is 1. The van der Waals surface area contributed by atoms with Crippen LogP contribution in [0.1, 0.15) is 6.92 Å². The van der Waals surface area contributed by atoms with E-state index in [4.69, 9.17) is 14.2 Å². The quantitative estimate of drug-likeness (QED) is 0.559. The molecule has 3 rings (SSSR count). The second kappa shape index (κ2) is 4.27. The fourth-order valence-electron chi connectivity index (χ4n) is 3.93. The Morgan fingerprint density at radius 2 is 2.15 bits per heavy atom. The molecule has 0 bridgehead atoms. The van der Waals surface area contributed by atoms with Crippen molar-refractivity contribution >= 4 is 11.8 Å². The van der Waals surface area contributed by atoms with E-state index in [0.717, 1.165) is 0 Å². The third kappa shape index (κ3) is 1.34. The fraction of sp³-hybridized carbons (Fsp3) is 0.600. The molecule has 1 heterocycles. The molecule has 0 saturated carbocycles. The first-order valence-electron chi connectivity index (χ1n) is 6.72. The Morgan fingerprint density at radius 1 is 1.40 bits per heavy atom. The molecule has 2 aliphatic carbocycles.